The van der Waals surface area contributed by atoms with Crippen LogP contribution < -0.4 is 5.73 Å². The van der Waals surface area contributed by atoms with Crippen molar-refractivity contribution in [2.75, 3.05) is 11.5 Å². The number of nitrogens with two attached hydrogens (primary N) is 1. The maximum absolute atomic E-state index is 12.0. The second-order valence-corrected chi connectivity index (χ2v) is 8.39. The minimum absolute atomic E-state index is 0.275. The maximum Gasteiger partial charge on any atom is 0.151 e. The summed E-state index contributed by atoms with van der Waals surface area (Å²) in [5.74, 6) is 1.33. The summed E-state index contributed by atoms with van der Waals surface area (Å²) >= 11 is 3.57. The van der Waals surface area contributed by atoms with E-state index in [1.165, 1.54) is 4.70 Å². The molecular weight excluding hydrogens is 348 g/mol. The Bertz CT molecular complexity index is 811. The normalized spacial score (nSPS) is 11.0. The Kier molecular flexibility index (Phi) is 6.48. The van der Waals surface area contributed by atoms with Crippen LogP contribution in [0.1, 0.15) is 31.2 Å². The molecule has 0 atom stereocenters. The number of anilines is 1. The van der Waals surface area contributed by atoms with E-state index in [9.17, 15) is 4.79 Å². The van der Waals surface area contributed by atoms with Crippen LogP contribution in [0.25, 0.3) is 10.2 Å². The number of nitrogen functional groups attached to an aromatic ring is 1. The van der Waals surface area contributed by atoms with E-state index in [2.05, 4.69) is 23.2 Å². The van der Waals surface area contributed by atoms with E-state index in [-0.39, 0.29) is 5.78 Å². The molecule has 25 heavy (non-hydrogen) atoms. The summed E-state index contributed by atoms with van der Waals surface area (Å²) < 4.78 is 2.38. The number of para-hydroxylation sites is 2. The van der Waals surface area contributed by atoms with Gasteiger partial charge in [0.2, 0.25) is 0 Å². The van der Waals surface area contributed by atoms with E-state index in [0.717, 1.165) is 40.4 Å². The van der Waals surface area contributed by atoms with Crippen LogP contribution in [0, 0.1) is 0 Å². The third kappa shape index (κ3) is 5.31. The van der Waals surface area contributed by atoms with Crippen LogP contribution in [0.15, 0.2) is 52.9 Å². The fraction of sp³-hybridized carbons (Fsp3) is 0.300. The van der Waals surface area contributed by atoms with Crippen molar-refractivity contribution in [3.8, 4) is 0 Å². The van der Waals surface area contributed by atoms with Crippen LogP contribution in [0.5, 0.6) is 0 Å². The van der Waals surface area contributed by atoms with Crippen LogP contribution in [0.2, 0.25) is 0 Å². The lowest BCUT2D eigenvalue weighted by atomic mass is 10.0. The zero-order valence-electron chi connectivity index (χ0n) is 14.1. The monoisotopic (exact) mass is 370 g/mol. The van der Waals surface area contributed by atoms with Gasteiger partial charge in [-0.05, 0) is 36.6 Å². The Balaban J connectivity index is 1.32. The van der Waals surface area contributed by atoms with E-state index in [4.69, 9.17) is 5.73 Å². The van der Waals surface area contributed by atoms with Gasteiger partial charge >= 0.3 is 0 Å². The number of rotatable bonds is 9. The number of hydrogen-bond donors (Lipinski definition) is 1. The number of carbonyl (C=O) groups excluding carboxylic acids is 1. The standard InChI is InChI=1S/C20H22N2OS2/c21-17-10-4-3-8-15(17)14-16(23)9-2-1-7-13-24-20-22-18-11-5-6-12-19(18)25-20/h3-6,8,10-12H,1-2,7,9,13-14,21H2. The molecule has 2 aromatic carbocycles. The number of thioether (sulfide) groups is 1. The van der Waals surface area contributed by atoms with Crippen molar-refractivity contribution in [1.82, 2.24) is 4.98 Å². The average molecular weight is 371 g/mol. The van der Waals surface area contributed by atoms with Crippen LogP contribution in [-0.2, 0) is 11.2 Å². The average Bonchev–Trinajstić information content (AvgIpc) is 3.03. The molecule has 3 nitrogen and oxygen atoms in total. The Hall–Kier alpha value is -1.85. The highest BCUT2D eigenvalue weighted by Crippen LogP contribution is 2.29. The largest absolute Gasteiger partial charge is 0.398 e. The summed E-state index contributed by atoms with van der Waals surface area (Å²) in [5.41, 5.74) is 8.63. The third-order valence-corrected chi connectivity index (χ3v) is 6.31. The Labute approximate surface area is 156 Å². The smallest absolute Gasteiger partial charge is 0.151 e. The summed E-state index contributed by atoms with van der Waals surface area (Å²) in [6, 6.07) is 15.9. The van der Waals surface area contributed by atoms with Gasteiger partial charge in [-0.1, -0.05) is 48.5 Å². The molecule has 130 valence electrons. The first-order valence-electron chi connectivity index (χ1n) is 8.56. The van der Waals surface area contributed by atoms with Crippen LogP contribution in [-0.4, -0.2) is 16.5 Å². The van der Waals surface area contributed by atoms with Crippen molar-refractivity contribution in [2.45, 2.75) is 36.4 Å². The number of ketones is 1. The van der Waals surface area contributed by atoms with Gasteiger partial charge in [-0.25, -0.2) is 4.98 Å². The minimum Gasteiger partial charge on any atom is -0.398 e. The summed E-state index contributed by atoms with van der Waals surface area (Å²) in [6.07, 6.45) is 4.23. The number of hydrogen-bond acceptors (Lipinski definition) is 5. The highest BCUT2D eigenvalue weighted by Gasteiger charge is 2.07. The van der Waals surface area contributed by atoms with E-state index in [0.29, 0.717) is 18.5 Å². The number of unbranched alkanes of at least 4 members (excludes halogenated alkanes) is 2. The lowest BCUT2D eigenvalue weighted by molar-refractivity contribution is -0.118. The first-order valence-corrected chi connectivity index (χ1v) is 10.4. The zero-order chi connectivity index (χ0) is 17.5. The second-order valence-electron chi connectivity index (χ2n) is 6.02. The molecule has 2 N–H and O–H groups in total. The predicted octanol–water partition coefficient (Wildman–Crippen LogP) is 5.34. The fourth-order valence-electron chi connectivity index (χ4n) is 2.67. The van der Waals surface area contributed by atoms with Gasteiger partial charge in [-0.15, -0.1) is 11.3 Å². The van der Waals surface area contributed by atoms with Crippen LogP contribution in [0.3, 0.4) is 0 Å². The van der Waals surface area contributed by atoms with Gasteiger partial charge in [-0.3, -0.25) is 4.79 Å². The van der Waals surface area contributed by atoms with Crippen molar-refractivity contribution in [3.63, 3.8) is 0 Å². The Morgan fingerprint density at radius 3 is 2.68 bits per heavy atom. The van der Waals surface area contributed by atoms with E-state index >= 15 is 0 Å². The van der Waals surface area contributed by atoms with Gasteiger partial charge in [-0.2, -0.15) is 0 Å². The van der Waals surface area contributed by atoms with Crippen molar-refractivity contribution in [3.05, 3.63) is 54.1 Å². The van der Waals surface area contributed by atoms with E-state index in [1.807, 2.05) is 42.1 Å². The van der Waals surface area contributed by atoms with Crippen LogP contribution >= 0.6 is 23.1 Å². The fourth-order valence-corrected chi connectivity index (χ4v) is 4.81. The van der Waals surface area contributed by atoms with Gasteiger partial charge in [0, 0.05) is 24.3 Å². The summed E-state index contributed by atoms with van der Waals surface area (Å²) in [4.78, 5) is 16.7. The number of nitrogens with zero attached hydrogens (tertiary/aromatic N) is 1. The number of fused-ring (bicyclic) bond motifs is 1. The molecule has 0 aliphatic carbocycles. The van der Waals surface area contributed by atoms with Gasteiger partial charge in [0.25, 0.3) is 0 Å². The molecule has 0 amide bonds. The van der Waals surface area contributed by atoms with Crippen molar-refractivity contribution in [2.24, 2.45) is 0 Å². The van der Waals surface area contributed by atoms with Crippen molar-refractivity contribution in [1.29, 1.82) is 0 Å². The summed E-state index contributed by atoms with van der Waals surface area (Å²) in [6.45, 7) is 0. The van der Waals surface area contributed by atoms with Gasteiger partial charge < -0.3 is 5.73 Å². The Morgan fingerprint density at radius 2 is 1.84 bits per heavy atom. The van der Waals surface area contributed by atoms with Crippen molar-refractivity contribution >= 4 is 44.8 Å². The molecule has 0 aliphatic rings. The number of benzene rings is 2. The summed E-state index contributed by atoms with van der Waals surface area (Å²) in [7, 11) is 0. The van der Waals surface area contributed by atoms with Crippen LogP contribution in [0.4, 0.5) is 5.69 Å². The van der Waals surface area contributed by atoms with Gasteiger partial charge in [0.05, 0.1) is 10.2 Å². The molecule has 0 saturated heterocycles. The van der Waals surface area contributed by atoms with Crippen molar-refractivity contribution < 1.29 is 4.79 Å². The molecule has 0 radical (unpaired) electrons. The SMILES string of the molecule is Nc1ccccc1CC(=O)CCCCCSc1nc2ccccc2s1. The zero-order valence-corrected chi connectivity index (χ0v) is 15.7. The molecule has 3 aromatic rings. The highest BCUT2D eigenvalue weighted by molar-refractivity contribution is 8.01. The molecule has 0 fully saturated rings. The number of carbonyl (C=O) groups is 1. The van der Waals surface area contributed by atoms with E-state index in [1.54, 1.807) is 11.3 Å². The number of Topliss-reactive ketones (excluding diaryl/α,β-unsaturated/α-hetero) is 1. The molecule has 1 heterocycles. The number of aromatic nitrogens is 1. The summed E-state index contributed by atoms with van der Waals surface area (Å²) in [5, 5.41) is 0. The maximum atomic E-state index is 12.0. The lowest BCUT2D eigenvalue weighted by Gasteiger charge is -2.04. The minimum atomic E-state index is 0.275. The lowest BCUT2D eigenvalue weighted by Crippen LogP contribution is -2.05. The molecule has 0 unspecified atom stereocenters. The molecular formula is C20H22N2OS2. The third-order valence-electron chi connectivity index (χ3n) is 4.04. The van der Waals surface area contributed by atoms with E-state index < -0.39 is 0 Å². The molecule has 0 bridgehead atoms. The van der Waals surface area contributed by atoms with Gasteiger partial charge in [0.15, 0.2) is 4.34 Å². The number of thiazole rings is 1. The molecule has 5 heteroatoms. The second kappa shape index (κ2) is 9.02. The first-order chi connectivity index (χ1) is 12.2. The quantitative estimate of drug-likeness (QED) is 0.314. The first kappa shape index (κ1) is 18.0. The molecule has 0 aliphatic heterocycles. The molecule has 0 spiro atoms. The molecule has 1 aromatic heterocycles. The molecule has 3 rings (SSSR count). The Morgan fingerprint density at radius 1 is 1.04 bits per heavy atom. The predicted molar refractivity (Wildman–Crippen MR) is 108 cm³/mol. The highest BCUT2D eigenvalue weighted by atomic mass is 32.2. The van der Waals surface area contributed by atoms with Gasteiger partial charge in [0.1, 0.15) is 5.78 Å². The molecule has 0 saturated carbocycles. The topological polar surface area (TPSA) is 56.0 Å².